The number of nitrogens with one attached hydrogen (secondary N) is 1. The van der Waals surface area contributed by atoms with Crippen molar-refractivity contribution in [1.29, 1.82) is 0 Å². The van der Waals surface area contributed by atoms with Crippen LogP contribution in [0.25, 0.3) is 0 Å². The first-order valence-corrected chi connectivity index (χ1v) is 7.82. The highest BCUT2D eigenvalue weighted by molar-refractivity contribution is 7.90. The molecule has 6 nitrogen and oxygen atoms in total. The van der Waals surface area contributed by atoms with Gasteiger partial charge in [-0.3, -0.25) is 0 Å². The van der Waals surface area contributed by atoms with Crippen LogP contribution in [0.5, 0.6) is 0 Å². The molecule has 0 spiro atoms. The number of hydrogen-bond acceptors (Lipinski definition) is 4. The summed E-state index contributed by atoms with van der Waals surface area (Å²) < 4.78 is 26.1. The first-order valence-electron chi connectivity index (χ1n) is 6.38. The van der Waals surface area contributed by atoms with E-state index in [1.54, 1.807) is 10.5 Å². The van der Waals surface area contributed by atoms with E-state index in [4.69, 9.17) is 0 Å². The van der Waals surface area contributed by atoms with Gasteiger partial charge in [0.2, 0.25) is 10.0 Å². The predicted octanol–water partition coefficient (Wildman–Crippen LogP) is 0.866. The number of sulfonamides is 1. The number of H-pyrrole nitrogens is 1. The van der Waals surface area contributed by atoms with Crippen LogP contribution in [0.3, 0.4) is 0 Å². The Kier molecular flexibility index (Phi) is 2.71. The highest BCUT2D eigenvalue weighted by Gasteiger charge is 2.53. The lowest BCUT2D eigenvalue weighted by Crippen LogP contribution is -2.44. The van der Waals surface area contributed by atoms with Crippen LogP contribution in [-0.4, -0.2) is 46.0 Å². The van der Waals surface area contributed by atoms with Crippen LogP contribution in [-0.2, 0) is 10.0 Å². The molecule has 0 radical (unpaired) electrons. The monoisotopic (exact) mass is 270 g/mol. The molecular weight excluding hydrogens is 252 g/mol. The smallest absolute Gasteiger partial charge is 0.212 e. The molecule has 1 saturated heterocycles. The maximum Gasteiger partial charge on any atom is 0.219 e. The third-order valence-corrected chi connectivity index (χ3v) is 6.82. The second-order valence-electron chi connectivity index (χ2n) is 5.55. The van der Waals surface area contributed by atoms with Gasteiger partial charge in [-0.05, 0) is 32.6 Å². The largest absolute Gasteiger partial charge is 0.219 e. The van der Waals surface area contributed by atoms with Crippen molar-refractivity contribution in [3.05, 3.63) is 11.9 Å². The molecule has 100 valence electrons. The van der Waals surface area contributed by atoms with Gasteiger partial charge in [-0.15, -0.1) is 0 Å². The van der Waals surface area contributed by atoms with Crippen LogP contribution in [0, 0.1) is 0 Å². The highest BCUT2D eigenvalue weighted by atomic mass is 32.2. The minimum Gasteiger partial charge on any atom is -0.212 e. The van der Waals surface area contributed by atoms with Gasteiger partial charge in [-0.25, -0.2) is 12.7 Å². The van der Waals surface area contributed by atoms with Crippen LogP contribution in [0.4, 0.5) is 0 Å². The van der Waals surface area contributed by atoms with E-state index in [9.17, 15) is 8.42 Å². The summed E-state index contributed by atoms with van der Waals surface area (Å²) in [6.45, 7) is 3.04. The Labute approximate surface area is 107 Å². The highest BCUT2D eigenvalue weighted by Crippen LogP contribution is 2.45. The number of aromatic amines is 1. The molecule has 2 aliphatic rings. The molecule has 1 aromatic heterocycles. The summed E-state index contributed by atoms with van der Waals surface area (Å²) in [5, 5.41) is 10.5. The van der Waals surface area contributed by atoms with E-state index >= 15 is 0 Å². The lowest BCUT2D eigenvalue weighted by molar-refractivity contribution is 0.309. The summed E-state index contributed by atoms with van der Waals surface area (Å²) in [5.74, 6) is 0.176. The number of aromatic nitrogens is 3. The van der Waals surface area contributed by atoms with E-state index in [2.05, 4.69) is 15.4 Å². The van der Waals surface area contributed by atoms with E-state index in [-0.39, 0.29) is 5.92 Å². The van der Waals surface area contributed by atoms with Gasteiger partial charge in [-0.2, -0.15) is 15.4 Å². The molecule has 1 N–H and O–H groups in total. The number of rotatable bonds is 3. The lowest BCUT2D eigenvalue weighted by atomic mass is 9.97. The van der Waals surface area contributed by atoms with Crippen LogP contribution >= 0.6 is 0 Å². The zero-order valence-electron chi connectivity index (χ0n) is 10.5. The van der Waals surface area contributed by atoms with Gasteiger partial charge in [0.05, 0.1) is 16.6 Å². The Bertz CT molecular complexity index is 521. The summed E-state index contributed by atoms with van der Waals surface area (Å²) in [6, 6.07) is 0. The third kappa shape index (κ3) is 1.85. The lowest BCUT2D eigenvalue weighted by Gasteiger charge is -2.33. The van der Waals surface area contributed by atoms with Gasteiger partial charge in [0.25, 0.3) is 0 Å². The molecule has 0 bridgehead atoms. The number of hydrogen-bond donors (Lipinski definition) is 1. The van der Waals surface area contributed by atoms with Gasteiger partial charge in [0.15, 0.2) is 0 Å². The first kappa shape index (κ1) is 12.1. The average molecular weight is 270 g/mol. The van der Waals surface area contributed by atoms with Crippen molar-refractivity contribution in [2.45, 2.75) is 43.3 Å². The minimum atomic E-state index is -3.14. The average Bonchev–Trinajstić information content (AvgIpc) is 2.94. The van der Waals surface area contributed by atoms with Crippen molar-refractivity contribution >= 4 is 10.0 Å². The third-order valence-electron chi connectivity index (χ3n) is 4.15. The summed E-state index contributed by atoms with van der Waals surface area (Å²) in [6.07, 6.45) is 5.16. The summed E-state index contributed by atoms with van der Waals surface area (Å²) in [4.78, 5) is 0. The van der Waals surface area contributed by atoms with Gasteiger partial charge < -0.3 is 0 Å². The van der Waals surface area contributed by atoms with E-state index in [1.165, 1.54) is 0 Å². The van der Waals surface area contributed by atoms with Crippen LogP contribution in [0.2, 0.25) is 0 Å². The maximum absolute atomic E-state index is 12.5. The van der Waals surface area contributed by atoms with E-state index in [0.717, 1.165) is 31.4 Å². The van der Waals surface area contributed by atoms with Gasteiger partial charge in [-0.1, -0.05) is 0 Å². The molecule has 2 fully saturated rings. The molecule has 0 aromatic carbocycles. The molecule has 1 aliphatic carbocycles. The zero-order valence-corrected chi connectivity index (χ0v) is 11.3. The molecule has 7 heteroatoms. The standard InChI is InChI=1S/C11H18N4O2S/c1-11(4-5-11)18(16,17)15-6-2-3-9(8-15)10-7-12-14-13-10/h7,9H,2-6,8H2,1H3,(H,12,13,14)/t9-/m0/s1. The normalized spacial score (nSPS) is 28.2. The second kappa shape index (κ2) is 4.03. The summed E-state index contributed by atoms with van der Waals surface area (Å²) >= 11 is 0. The zero-order chi connectivity index (χ0) is 12.8. The minimum absolute atomic E-state index is 0.176. The summed E-state index contributed by atoms with van der Waals surface area (Å²) in [5.41, 5.74) is 0.871. The number of piperidine rings is 1. The van der Waals surface area contributed by atoms with Crippen molar-refractivity contribution in [3.63, 3.8) is 0 Å². The van der Waals surface area contributed by atoms with Gasteiger partial charge >= 0.3 is 0 Å². The van der Waals surface area contributed by atoms with Crippen molar-refractivity contribution in [1.82, 2.24) is 19.7 Å². The van der Waals surface area contributed by atoms with Crippen LogP contribution in [0.15, 0.2) is 6.20 Å². The fraction of sp³-hybridized carbons (Fsp3) is 0.818. The molecule has 18 heavy (non-hydrogen) atoms. The Balaban J connectivity index is 1.79. The molecule has 0 amide bonds. The second-order valence-corrected chi connectivity index (χ2v) is 8.00. The molecule has 2 heterocycles. The fourth-order valence-corrected chi connectivity index (χ4v) is 4.54. The van der Waals surface area contributed by atoms with Crippen LogP contribution in [0.1, 0.15) is 44.2 Å². The first-order chi connectivity index (χ1) is 8.53. The van der Waals surface area contributed by atoms with Crippen molar-refractivity contribution in [2.75, 3.05) is 13.1 Å². The Morgan fingerprint density at radius 1 is 1.50 bits per heavy atom. The SMILES string of the molecule is CC1(S(=O)(=O)N2CCC[C@H](c3cn[nH]n3)C2)CC1. The Morgan fingerprint density at radius 3 is 2.89 bits per heavy atom. The Morgan fingerprint density at radius 2 is 2.28 bits per heavy atom. The quantitative estimate of drug-likeness (QED) is 0.883. The van der Waals surface area contributed by atoms with Crippen molar-refractivity contribution in [3.8, 4) is 0 Å². The molecule has 3 rings (SSSR count). The van der Waals surface area contributed by atoms with Crippen molar-refractivity contribution < 1.29 is 8.42 Å². The van der Waals surface area contributed by atoms with Crippen LogP contribution < -0.4 is 0 Å². The molecule has 1 aromatic rings. The molecule has 0 unspecified atom stereocenters. The Hall–Kier alpha value is -0.950. The number of nitrogens with zero attached hydrogens (tertiary/aromatic N) is 3. The predicted molar refractivity (Wildman–Crippen MR) is 66.5 cm³/mol. The molecule has 1 atom stereocenters. The molecular formula is C11H18N4O2S. The van der Waals surface area contributed by atoms with E-state index in [1.807, 2.05) is 6.92 Å². The molecule has 1 saturated carbocycles. The van der Waals surface area contributed by atoms with Gasteiger partial charge in [0.1, 0.15) is 0 Å². The fourth-order valence-electron chi connectivity index (χ4n) is 2.55. The van der Waals surface area contributed by atoms with Gasteiger partial charge in [0, 0.05) is 19.0 Å². The summed E-state index contributed by atoms with van der Waals surface area (Å²) in [7, 11) is -3.14. The maximum atomic E-state index is 12.5. The molecule has 1 aliphatic heterocycles. The topological polar surface area (TPSA) is 79.0 Å². The van der Waals surface area contributed by atoms with E-state index in [0.29, 0.717) is 13.1 Å². The van der Waals surface area contributed by atoms with Crippen molar-refractivity contribution in [2.24, 2.45) is 0 Å². The van der Waals surface area contributed by atoms with E-state index < -0.39 is 14.8 Å².